The number of esters is 1. The lowest BCUT2D eigenvalue weighted by Gasteiger charge is -2.57. The van der Waals surface area contributed by atoms with Crippen LogP contribution in [0.25, 0.3) is 0 Å². The highest BCUT2D eigenvalue weighted by molar-refractivity contribution is 5.66. The van der Waals surface area contributed by atoms with Crippen molar-refractivity contribution in [3.8, 4) is 0 Å². The van der Waals surface area contributed by atoms with Crippen LogP contribution in [0.4, 0.5) is 0 Å². The van der Waals surface area contributed by atoms with E-state index in [1.165, 1.54) is 6.92 Å². The van der Waals surface area contributed by atoms with Crippen molar-refractivity contribution >= 4 is 5.97 Å². The first-order valence-corrected chi connectivity index (χ1v) is 7.81. The van der Waals surface area contributed by atoms with E-state index in [2.05, 4.69) is 13.8 Å². The maximum absolute atomic E-state index is 11.4. The van der Waals surface area contributed by atoms with Gasteiger partial charge in [-0.1, -0.05) is 13.8 Å². The number of rotatable bonds is 1. The van der Waals surface area contributed by atoms with Crippen molar-refractivity contribution in [2.24, 2.45) is 17.3 Å². The summed E-state index contributed by atoms with van der Waals surface area (Å²) in [7, 11) is 0. The van der Waals surface area contributed by atoms with Gasteiger partial charge in [0.05, 0.1) is 5.60 Å². The maximum Gasteiger partial charge on any atom is 0.302 e. The molecule has 0 radical (unpaired) electrons. The van der Waals surface area contributed by atoms with Crippen LogP contribution in [0, 0.1) is 17.3 Å². The van der Waals surface area contributed by atoms with E-state index in [1.807, 2.05) is 0 Å². The van der Waals surface area contributed by atoms with Gasteiger partial charge in [0.15, 0.2) is 5.79 Å². The third-order valence-corrected chi connectivity index (χ3v) is 6.35. The summed E-state index contributed by atoms with van der Waals surface area (Å²) in [6, 6.07) is 0. The van der Waals surface area contributed by atoms with E-state index < -0.39 is 5.79 Å². The van der Waals surface area contributed by atoms with Crippen molar-refractivity contribution in [1.82, 2.24) is 0 Å². The molecule has 3 aliphatic rings. The molecule has 0 aromatic heterocycles. The smallest absolute Gasteiger partial charge is 0.302 e. The molecule has 20 heavy (non-hydrogen) atoms. The van der Waals surface area contributed by atoms with Crippen LogP contribution in [0.5, 0.6) is 0 Å². The first-order valence-electron chi connectivity index (χ1n) is 7.81. The Labute approximate surface area is 120 Å². The largest absolute Gasteiger partial charge is 0.462 e. The predicted molar refractivity (Wildman–Crippen MR) is 73.8 cm³/mol. The van der Waals surface area contributed by atoms with Gasteiger partial charge < -0.3 is 14.6 Å². The molecular weight excluding hydrogens is 256 g/mol. The molecule has 0 amide bonds. The van der Waals surface area contributed by atoms with E-state index in [4.69, 9.17) is 9.47 Å². The van der Waals surface area contributed by atoms with E-state index in [9.17, 15) is 9.90 Å². The number of carbonyl (C=O) groups excluding carboxylic acids is 1. The molecule has 0 aromatic rings. The Balaban J connectivity index is 2.00. The first kappa shape index (κ1) is 14.3. The zero-order chi connectivity index (χ0) is 14.8. The Bertz CT molecular complexity index is 432. The van der Waals surface area contributed by atoms with Crippen LogP contribution in [0.15, 0.2) is 0 Å². The van der Waals surface area contributed by atoms with E-state index >= 15 is 0 Å². The van der Waals surface area contributed by atoms with E-state index in [0.29, 0.717) is 5.92 Å². The number of aliphatic hydroxyl groups is 1. The van der Waals surface area contributed by atoms with Crippen molar-refractivity contribution in [1.29, 1.82) is 0 Å². The Kier molecular flexibility index (Phi) is 3.01. The predicted octanol–water partition coefficient (Wildman–Crippen LogP) is 2.63. The van der Waals surface area contributed by atoms with Crippen LogP contribution in [0.2, 0.25) is 0 Å². The Hall–Kier alpha value is -0.610. The number of hydrogen-bond acceptors (Lipinski definition) is 4. The topological polar surface area (TPSA) is 55.8 Å². The van der Waals surface area contributed by atoms with E-state index in [1.54, 1.807) is 6.92 Å². The highest BCUT2D eigenvalue weighted by Crippen LogP contribution is 2.65. The Morgan fingerprint density at radius 2 is 2.00 bits per heavy atom. The van der Waals surface area contributed by atoms with Gasteiger partial charge in [0.2, 0.25) is 0 Å². The van der Waals surface area contributed by atoms with Crippen LogP contribution in [0.1, 0.15) is 59.8 Å². The van der Waals surface area contributed by atoms with Crippen molar-refractivity contribution in [2.75, 3.05) is 0 Å². The van der Waals surface area contributed by atoms with Crippen molar-refractivity contribution in [2.45, 2.75) is 77.3 Å². The maximum atomic E-state index is 11.4. The monoisotopic (exact) mass is 282 g/mol. The van der Waals surface area contributed by atoms with Gasteiger partial charge in [-0.05, 0) is 44.9 Å². The summed E-state index contributed by atoms with van der Waals surface area (Å²) in [6.07, 6.45) is 4.57. The average Bonchev–Trinajstić information content (AvgIpc) is 2.57. The van der Waals surface area contributed by atoms with Crippen LogP contribution >= 0.6 is 0 Å². The fourth-order valence-corrected chi connectivity index (χ4v) is 5.09. The van der Waals surface area contributed by atoms with Gasteiger partial charge in [-0.15, -0.1) is 0 Å². The lowest BCUT2D eigenvalue weighted by Crippen LogP contribution is -2.62. The molecule has 3 fully saturated rings. The van der Waals surface area contributed by atoms with Crippen LogP contribution in [-0.4, -0.2) is 28.6 Å². The highest BCUT2D eigenvalue weighted by atomic mass is 16.6. The second kappa shape index (κ2) is 4.20. The second-order valence-corrected chi connectivity index (χ2v) is 7.48. The molecule has 1 spiro atoms. The minimum Gasteiger partial charge on any atom is -0.462 e. The fourth-order valence-electron chi connectivity index (χ4n) is 5.09. The zero-order valence-electron chi connectivity index (χ0n) is 12.9. The van der Waals surface area contributed by atoms with E-state index in [0.717, 1.165) is 32.1 Å². The summed E-state index contributed by atoms with van der Waals surface area (Å²) in [6.45, 7) is 7.67. The molecule has 3 rings (SSSR count). The fraction of sp³-hybridized carbons (Fsp3) is 0.938. The lowest BCUT2D eigenvalue weighted by atomic mass is 9.52. The number of ether oxygens (including phenoxy) is 2. The van der Waals surface area contributed by atoms with Gasteiger partial charge in [0.1, 0.15) is 6.10 Å². The average molecular weight is 282 g/mol. The molecule has 2 saturated carbocycles. The van der Waals surface area contributed by atoms with Gasteiger partial charge in [-0.3, -0.25) is 4.79 Å². The summed E-state index contributed by atoms with van der Waals surface area (Å²) in [5.41, 5.74) is -0.537. The Morgan fingerprint density at radius 3 is 2.65 bits per heavy atom. The molecule has 0 aromatic carbocycles. The number of hydrogen-bond donors (Lipinski definition) is 1. The second-order valence-electron chi connectivity index (χ2n) is 7.48. The molecule has 1 saturated heterocycles. The van der Waals surface area contributed by atoms with Gasteiger partial charge in [0, 0.05) is 18.3 Å². The van der Waals surface area contributed by atoms with Crippen molar-refractivity contribution in [3.63, 3.8) is 0 Å². The first-order chi connectivity index (χ1) is 9.21. The molecule has 0 unspecified atom stereocenters. The molecule has 6 atom stereocenters. The quantitative estimate of drug-likeness (QED) is 0.751. The van der Waals surface area contributed by atoms with Crippen LogP contribution in [0.3, 0.4) is 0 Å². The Morgan fingerprint density at radius 1 is 1.30 bits per heavy atom. The molecule has 114 valence electrons. The highest BCUT2D eigenvalue weighted by Gasteiger charge is 2.69. The summed E-state index contributed by atoms with van der Waals surface area (Å²) in [5, 5.41) is 10.6. The molecule has 1 N–H and O–H groups in total. The number of carbonyl (C=O) groups is 1. The van der Waals surface area contributed by atoms with Crippen molar-refractivity contribution in [3.05, 3.63) is 0 Å². The lowest BCUT2D eigenvalue weighted by molar-refractivity contribution is -0.281. The molecule has 4 nitrogen and oxygen atoms in total. The van der Waals surface area contributed by atoms with Crippen LogP contribution < -0.4 is 0 Å². The molecule has 1 aliphatic heterocycles. The third-order valence-electron chi connectivity index (χ3n) is 6.35. The van der Waals surface area contributed by atoms with Gasteiger partial charge in [-0.2, -0.15) is 0 Å². The van der Waals surface area contributed by atoms with Gasteiger partial charge in [-0.25, -0.2) is 0 Å². The molecule has 2 bridgehead atoms. The van der Waals surface area contributed by atoms with E-state index in [-0.39, 0.29) is 29.0 Å². The normalized spacial score (nSPS) is 54.4. The summed E-state index contributed by atoms with van der Waals surface area (Å²) < 4.78 is 11.9. The van der Waals surface area contributed by atoms with Crippen molar-refractivity contribution < 1.29 is 19.4 Å². The summed E-state index contributed by atoms with van der Waals surface area (Å²) in [4.78, 5) is 11.4. The van der Waals surface area contributed by atoms with Gasteiger partial charge >= 0.3 is 5.97 Å². The zero-order valence-corrected chi connectivity index (χ0v) is 12.9. The standard InChI is InChI=1S/C16H26O4/c1-10-5-6-13(19-11(2)17)14(3)8-7-12-9-16(10,14)20-15(12,4)18/h10,12-13,18H,5-9H2,1-4H3/t10-,12-,13+,14-,15-,16+/m0/s1. The molecule has 4 heteroatoms. The van der Waals surface area contributed by atoms with Crippen LogP contribution in [-0.2, 0) is 14.3 Å². The molecular formula is C16H26O4. The summed E-state index contributed by atoms with van der Waals surface area (Å²) in [5.74, 6) is -0.664. The molecule has 2 aliphatic carbocycles. The third kappa shape index (κ3) is 1.70. The molecule has 1 heterocycles. The summed E-state index contributed by atoms with van der Waals surface area (Å²) >= 11 is 0. The van der Waals surface area contributed by atoms with Gasteiger partial charge in [0.25, 0.3) is 0 Å². The minimum absolute atomic E-state index is 0.0916. The SMILES string of the molecule is CC(=O)O[C@@H]1CC[C@H](C)[C@]23C[C@H](CC[C@@]12C)[C@@](C)(O)O3. The number of fused-ring (bicyclic) bond motifs is 1. The minimum atomic E-state index is -1.04.